The van der Waals surface area contributed by atoms with Crippen LogP contribution in [0.4, 0.5) is 0 Å². The van der Waals surface area contributed by atoms with Gasteiger partial charge in [0.05, 0.1) is 18.8 Å². The Hall–Kier alpha value is -1.83. The Bertz CT molecular complexity index is 645. The summed E-state index contributed by atoms with van der Waals surface area (Å²) in [7, 11) is 1.77. The second-order valence-corrected chi connectivity index (χ2v) is 6.27. The van der Waals surface area contributed by atoms with Crippen LogP contribution in [0.5, 0.6) is 5.75 Å². The van der Waals surface area contributed by atoms with Crippen molar-refractivity contribution in [3.05, 3.63) is 59.9 Å². The Labute approximate surface area is 173 Å². The monoisotopic (exact) mass is 468 g/mol. The fraction of sp³-hybridized carbons (Fsp3) is 0.400. The molecule has 26 heavy (non-hydrogen) atoms. The second kappa shape index (κ2) is 12.5. The smallest absolute Gasteiger partial charge is 0.191 e. The molecule has 0 radical (unpaired) electrons. The maximum absolute atomic E-state index is 5.71. The zero-order chi connectivity index (χ0) is 17.9. The van der Waals surface area contributed by atoms with E-state index < -0.39 is 0 Å². The van der Waals surface area contributed by atoms with Crippen LogP contribution in [0.3, 0.4) is 0 Å². The van der Waals surface area contributed by atoms with Crippen molar-refractivity contribution in [1.29, 1.82) is 0 Å². The van der Waals surface area contributed by atoms with Crippen LogP contribution >= 0.6 is 24.0 Å². The molecule has 0 unspecified atom stereocenters. The summed E-state index contributed by atoms with van der Waals surface area (Å²) in [4.78, 5) is 8.53. The molecule has 1 aromatic carbocycles. The predicted molar refractivity (Wildman–Crippen MR) is 118 cm³/mol. The molecule has 0 atom stereocenters. The molecule has 2 aromatic rings. The highest BCUT2D eigenvalue weighted by molar-refractivity contribution is 14.0. The van der Waals surface area contributed by atoms with E-state index in [-0.39, 0.29) is 24.0 Å². The zero-order valence-corrected chi connectivity index (χ0v) is 18.1. The number of rotatable bonds is 8. The number of hydrogen-bond donors (Lipinski definition) is 2. The van der Waals surface area contributed by atoms with Crippen molar-refractivity contribution in [1.82, 2.24) is 15.6 Å². The highest BCUT2D eigenvalue weighted by Crippen LogP contribution is 2.13. The largest absolute Gasteiger partial charge is 0.493 e. The van der Waals surface area contributed by atoms with Gasteiger partial charge in [0.15, 0.2) is 5.96 Å². The quantitative estimate of drug-likeness (QED) is 0.353. The van der Waals surface area contributed by atoms with Gasteiger partial charge in [0.25, 0.3) is 0 Å². The first-order valence-electron chi connectivity index (χ1n) is 8.73. The van der Waals surface area contributed by atoms with Gasteiger partial charge in [-0.3, -0.25) is 9.98 Å². The lowest BCUT2D eigenvalue weighted by Crippen LogP contribution is -2.38. The summed E-state index contributed by atoms with van der Waals surface area (Å²) in [5, 5.41) is 6.59. The Balaban J connectivity index is 0.00000338. The third-order valence-electron chi connectivity index (χ3n) is 3.60. The van der Waals surface area contributed by atoms with Crippen molar-refractivity contribution >= 4 is 29.9 Å². The highest BCUT2D eigenvalue weighted by atomic mass is 127. The van der Waals surface area contributed by atoms with E-state index in [9.17, 15) is 0 Å². The zero-order valence-electron chi connectivity index (χ0n) is 15.7. The lowest BCUT2D eigenvalue weighted by Gasteiger charge is -2.12. The number of pyridine rings is 1. The van der Waals surface area contributed by atoms with Gasteiger partial charge in [0.1, 0.15) is 5.75 Å². The van der Waals surface area contributed by atoms with Crippen molar-refractivity contribution in [3.8, 4) is 5.75 Å². The number of halogens is 1. The topological polar surface area (TPSA) is 58.5 Å². The van der Waals surface area contributed by atoms with Gasteiger partial charge in [0.2, 0.25) is 0 Å². The molecule has 0 amide bonds. The summed E-state index contributed by atoms with van der Waals surface area (Å²) in [6.07, 6.45) is 2.72. The Morgan fingerprint density at radius 2 is 1.88 bits per heavy atom. The first-order valence-corrected chi connectivity index (χ1v) is 8.73. The van der Waals surface area contributed by atoms with Crippen LogP contribution < -0.4 is 15.4 Å². The summed E-state index contributed by atoms with van der Waals surface area (Å²) in [5.41, 5.74) is 2.26. The first-order chi connectivity index (χ1) is 12.2. The predicted octanol–water partition coefficient (Wildman–Crippen LogP) is 3.64. The van der Waals surface area contributed by atoms with Crippen LogP contribution in [0.25, 0.3) is 0 Å². The molecular formula is C20H29IN4O. The molecule has 0 bridgehead atoms. The molecule has 142 valence electrons. The number of aliphatic imine (C=N–C) groups is 1. The van der Waals surface area contributed by atoms with Crippen molar-refractivity contribution in [2.75, 3.05) is 20.2 Å². The van der Waals surface area contributed by atoms with E-state index in [2.05, 4.69) is 46.6 Å². The normalized spacial score (nSPS) is 11.0. The fourth-order valence-electron chi connectivity index (χ4n) is 2.24. The molecule has 0 aliphatic carbocycles. The van der Waals surface area contributed by atoms with Crippen molar-refractivity contribution in [2.45, 2.75) is 26.8 Å². The van der Waals surface area contributed by atoms with Gasteiger partial charge >= 0.3 is 0 Å². The Morgan fingerprint density at radius 3 is 2.50 bits per heavy atom. The average Bonchev–Trinajstić information content (AvgIpc) is 2.64. The third-order valence-corrected chi connectivity index (χ3v) is 3.60. The molecule has 2 N–H and O–H groups in total. The molecule has 0 fully saturated rings. The van der Waals surface area contributed by atoms with E-state index in [0.29, 0.717) is 12.5 Å². The Morgan fingerprint density at radius 1 is 1.12 bits per heavy atom. The van der Waals surface area contributed by atoms with Crippen molar-refractivity contribution < 1.29 is 4.74 Å². The fourth-order valence-corrected chi connectivity index (χ4v) is 2.24. The van der Waals surface area contributed by atoms with Crippen LogP contribution in [0.1, 0.15) is 25.1 Å². The summed E-state index contributed by atoms with van der Waals surface area (Å²) < 4.78 is 5.71. The second-order valence-electron chi connectivity index (χ2n) is 6.27. The van der Waals surface area contributed by atoms with Crippen LogP contribution in [0.15, 0.2) is 53.7 Å². The van der Waals surface area contributed by atoms with Gasteiger partial charge in [-0.1, -0.05) is 32.0 Å². The minimum absolute atomic E-state index is 0. The van der Waals surface area contributed by atoms with Gasteiger partial charge in [-0.2, -0.15) is 0 Å². The molecule has 1 heterocycles. The lowest BCUT2D eigenvalue weighted by atomic mass is 10.1. The number of nitrogens with zero attached hydrogens (tertiary/aromatic N) is 2. The summed E-state index contributed by atoms with van der Waals surface area (Å²) in [6.45, 7) is 6.51. The third kappa shape index (κ3) is 8.51. The minimum atomic E-state index is 0. The molecule has 1 aromatic heterocycles. The molecular weight excluding hydrogens is 439 g/mol. The number of benzene rings is 1. The number of guanidine groups is 1. The van der Waals surface area contributed by atoms with Crippen LogP contribution in [-0.2, 0) is 13.0 Å². The number of nitrogens with one attached hydrogen (secondary N) is 2. The van der Waals surface area contributed by atoms with Crippen molar-refractivity contribution in [3.63, 3.8) is 0 Å². The number of aromatic nitrogens is 1. The summed E-state index contributed by atoms with van der Waals surface area (Å²) >= 11 is 0. The van der Waals surface area contributed by atoms with Crippen molar-refractivity contribution in [2.24, 2.45) is 10.9 Å². The SMILES string of the molecule is CN=C(NCCc1ccc(OCC(C)C)cc1)NCc1ccccn1.I. The molecule has 2 rings (SSSR count). The van der Waals surface area contributed by atoms with Gasteiger partial charge in [-0.05, 0) is 42.2 Å². The van der Waals surface area contributed by atoms with E-state index in [1.165, 1.54) is 5.56 Å². The maximum Gasteiger partial charge on any atom is 0.191 e. The van der Waals surface area contributed by atoms with E-state index in [0.717, 1.165) is 37.0 Å². The maximum atomic E-state index is 5.71. The Kier molecular flexibility index (Phi) is 10.7. The standard InChI is InChI=1S/C20H28N4O.HI/c1-16(2)15-25-19-9-7-17(8-10-19)11-13-23-20(21-3)24-14-18-6-4-5-12-22-18;/h4-10,12,16H,11,13-15H2,1-3H3,(H2,21,23,24);1H. The highest BCUT2D eigenvalue weighted by Gasteiger charge is 2.01. The number of hydrogen-bond acceptors (Lipinski definition) is 3. The number of ether oxygens (including phenoxy) is 1. The summed E-state index contributed by atoms with van der Waals surface area (Å²) in [6, 6.07) is 14.2. The average molecular weight is 468 g/mol. The van der Waals surface area contributed by atoms with Gasteiger partial charge < -0.3 is 15.4 Å². The van der Waals surface area contributed by atoms with E-state index >= 15 is 0 Å². The first kappa shape index (κ1) is 22.2. The molecule has 6 heteroatoms. The lowest BCUT2D eigenvalue weighted by molar-refractivity contribution is 0.271. The molecule has 5 nitrogen and oxygen atoms in total. The summed E-state index contributed by atoms with van der Waals surface area (Å²) in [5.74, 6) is 2.25. The molecule has 0 saturated carbocycles. The van der Waals surface area contributed by atoms with Crippen LogP contribution in [-0.4, -0.2) is 31.1 Å². The molecule has 0 spiro atoms. The van der Waals surface area contributed by atoms with Crippen LogP contribution in [0, 0.1) is 5.92 Å². The van der Waals surface area contributed by atoms with E-state index in [4.69, 9.17) is 4.74 Å². The molecule has 0 saturated heterocycles. The van der Waals surface area contributed by atoms with Crippen LogP contribution in [0.2, 0.25) is 0 Å². The van der Waals surface area contributed by atoms with Gasteiger partial charge in [0, 0.05) is 19.8 Å². The van der Waals surface area contributed by atoms with E-state index in [1.807, 2.05) is 30.3 Å². The molecule has 0 aliphatic heterocycles. The van der Waals surface area contributed by atoms with E-state index in [1.54, 1.807) is 13.2 Å². The minimum Gasteiger partial charge on any atom is -0.493 e. The van der Waals surface area contributed by atoms with Gasteiger partial charge in [-0.15, -0.1) is 24.0 Å². The molecule has 0 aliphatic rings. The van der Waals surface area contributed by atoms with Gasteiger partial charge in [-0.25, -0.2) is 0 Å².